The number of benzene rings is 4. The summed E-state index contributed by atoms with van der Waals surface area (Å²) in [7, 11) is 0. The molecule has 5 nitrogen and oxygen atoms in total. The molecule has 4 aromatic carbocycles. The molecule has 0 bridgehead atoms. The number of nitrogens with one attached hydrogen (secondary N) is 2. The first kappa shape index (κ1) is 23.1. The second-order valence-electron chi connectivity index (χ2n) is 9.13. The Morgan fingerprint density at radius 2 is 1.70 bits per heavy atom. The van der Waals surface area contributed by atoms with E-state index in [1.54, 1.807) is 24.3 Å². The smallest absolute Gasteiger partial charge is 0.258 e. The number of halogens is 1. The number of amides is 2. The van der Waals surface area contributed by atoms with E-state index in [0.717, 1.165) is 40.6 Å². The standard InChI is InChI=1S/C31H24ClN3O2/c32-25-18-21(31(37)35-17-7-10-22-19-33-27-13-6-14-28(35)29(22)27)15-16-26(25)34-30(36)24-12-5-4-11-23(24)20-8-2-1-3-9-20/h1-6,8-9,11-16,18-19,33H,7,10,17H2,(H,34,36). The molecule has 0 saturated heterocycles. The van der Waals surface area contributed by atoms with E-state index in [1.165, 1.54) is 5.56 Å². The Morgan fingerprint density at radius 1 is 0.892 bits per heavy atom. The van der Waals surface area contributed by atoms with Crippen molar-refractivity contribution in [1.82, 2.24) is 4.98 Å². The van der Waals surface area contributed by atoms with Gasteiger partial charge < -0.3 is 15.2 Å². The molecular weight excluding hydrogens is 482 g/mol. The maximum Gasteiger partial charge on any atom is 0.258 e. The van der Waals surface area contributed by atoms with Crippen LogP contribution in [0.1, 0.15) is 32.7 Å². The van der Waals surface area contributed by atoms with Gasteiger partial charge >= 0.3 is 0 Å². The van der Waals surface area contributed by atoms with Crippen LogP contribution < -0.4 is 10.2 Å². The third-order valence-corrected chi connectivity index (χ3v) is 7.16. The second kappa shape index (κ2) is 9.60. The van der Waals surface area contributed by atoms with Crippen LogP contribution in [0, 0.1) is 0 Å². The topological polar surface area (TPSA) is 65.2 Å². The molecule has 0 saturated carbocycles. The van der Waals surface area contributed by atoms with E-state index in [0.29, 0.717) is 28.4 Å². The van der Waals surface area contributed by atoms with Crippen molar-refractivity contribution in [2.24, 2.45) is 0 Å². The van der Waals surface area contributed by atoms with Crippen molar-refractivity contribution < 1.29 is 9.59 Å². The zero-order valence-corrected chi connectivity index (χ0v) is 20.8. The fourth-order valence-corrected chi connectivity index (χ4v) is 5.29. The average Bonchev–Trinajstić information content (AvgIpc) is 3.26. The SMILES string of the molecule is O=C(Nc1ccc(C(=O)N2CCCc3c[nH]c4cccc2c34)cc1Cl)c1ccccc1-c1ccccc1. The minimum Gasteiger partial charge on any atom is -0.361 e. The molecule has 6 rings (SSSR count). The molecule has 0 aliphatic carbocycles. The number of hydrogen-bond acceptors (Lipinski definition) is 2. The van der Waals surface area contributed by atoms with Gasteiger partial charge in [0.2, 0.25) is 0 Å². The van der Waals surface area contributed by atoms with Crippen molar-refractivity contribution in [3.8, 4) is 11.1 Å². The van der Waals surface area contributed by atoms with E-state index in [2.05, 4.69) is 10.3 Å². The number of rotatable bonds is 4. The minimum absolute atomic E-state index is 0.115. The Hall–Kier alpha value is -4.35. The summed E-state index contributed by atoms with van der Waals surface area (Å²) in [5, 5.41) is 4.33. The van der Waals surface area contributed by atoms with E-state index < -0.39 is 0 Å². The van der Waals surface area contributed by atoms with Gasteiger partial charge in [0.15, 0.2) is 0 Å². The van der Waals surface area contributed by atoms with Gasteiger partial charge in [-0.3, -0.25) is 9.59 Å². The Morgan fingerprint density at radius 3 is 2.54 bits per heavy atom. The second-order valence-corrected chi connectivity index (χ2v) is 9.54. The van der Waals surface area contributed by atoms with Crippen LogP contribution in [0.4, 0.5) is 11.4 Å². The van der Waals surface area contributed by atoms with Crippen molar-refractivity contribution in [3.05, 3.63) is 119 Å². The van der Waals surface area contributed by atoms with Gasteiger partial charge in [-0.2, -0.15) is 0 Å². The van der Waals surface area contributed by atoms with E-state index in [1.807, 2.05) is 77.8 Å². The zero-order chi connectivity index (χ0) is 25.4. The summed E-state index contributed by atoms with van der Waals surface area (Å²) >= 11 is 6.59. The number of carbonyl (C=O) groups excluding carboxylic acids is 2. The maximum absolute atomic E-state index is 13.6. The summed E-state index contributed by atoms with van der Waals surface area (Å²) in [6.45, 7) is 0.624. The van der Waals surface area contributed by atoms with Crippen LogP contribution in [0.3, 0.4) is 0 Å². The van der Waals surface area contributed by atoms with Gasteiger partial charge in [0.25, 0.3) is 11.8 Å². The summed E-state index contributed by atoms with van der Waals surface area (Å²) in [6.07, 6.45) is 3.82. The highest BCUT2D eigenvalue weighted by molar-refractivity contribution is 6.34. The highest BCUT2D eigenvalue weighted by Gasteiger charge is 2.24. The molecule has 5 aromatic rings. The Balaban J connectivity index is 1.27. The molecule has 37 heavy (non-hydrogen) atoms. The molecule has 1 aliphatic rings. The van der Waals surface area contributed by atoms with Gasteiger partial charge in [-0.25, -0.2) is 0 Å². The van der Waals surface area contributed by atoms with E-state index in [4.69, 9.17) is 11.6 Å². The number of nitrogens with zero attached hydrogens (tertiary/aromatic N) is 1. The van der Waals surface area contributed by atoms with Crippen molar-refractivity contribution >= 4 is 45.7 Å². The lowest BCUT2D eigenvalue weighted by Crippen LogP contribution is -2.31. The first-order valence-electron chi connectivity index (χ1n) is 12.3. The van der Waals surface area contributed by atoms with E-state index in [-0.39, 0.29) is 11.8 Å². The van der Waals surface area contributed by atoms with Crippen LogP contribution in [0.2, 0.25) is 5.02 Å². The number of H-pyrrole nitrogens is 1. The van der Waals surface area contributed by atoms with Gasteiger partial charge in [0, 0.05) is 34.8 Å². The molecule has 6 heteroatoms. The van der Waals surface area contributed by atoms with Crippen molar-refractivity contribution in [2.75, 3.05) is 16.8 Å². The summed E-state index contributed by atoms with van der Waals surface area (Å²) in [5.41, 5.74) is 6.43. The van der Waals surface area contributed by atoms with E-state index in [9.17, 15) is 9.59 Å². The van der Waals surface area contributed by atoms with Gasteiger partial charge in [0.05, 0.1) is 16.4 Å². The van der Waals surface area contributed by atoms with Crippen LogP contribution in [0.5, 0.6) is 0 Å². The van der Waals surface area contributed by atoms with Crippen LogP contribution in [-0.2, 0) is 6.42 Å². The van der Waals surface area contributed by atoms with E-state index >= 15 is 0 Å². The van der Waals surface area contributed by atoms with Gasteiger partial charge in [-0.15, -0.1) is 0 Å². The number of anilines is 2. The number of hydrogen-bond donors (Lipinski definition) is 2. The van der Waals surface area contributed by atoms with Gasteiger partial charge in [-0.1, -0.05) is 66.2 Å². The Bertz CT molecular complexity index is 1640. The molecule has 2 N–H and O–H groups in total. The highest BCUT2D eigenvalue weighted by atomic mass is 35.5. The fraction of sp³-hybridized carbons (Fsp3) is 0.0968. The third kappa shape index (κ3) is 4.28. The molecule has 2 amide bonds. The first-order valence-corrected chi connectivity index (χ1v) is 12.6. The Labute approximate surface area is 219 Å². The molecule has 0 atom stereocenters. The summed E-state index contributed by atoms with van der Waals surface area (Å²) < 4.78 is 0. The van der Waals surface area contributed by atoms with Crippen molar-refractivity contribution in [2.45, 2.75) is 12.8 Å². The lowest BCUT2D eigenvalue weighted by Gasteiger charge is -2.22. The quantitative estimate of drug-likeness (QED) is 0.268. The number of aryl methyl sites for hydroxylation is 1. The molecule has 1 aromatic heterocycles. The largest absolute Gasteiger partial charge is 0.361 e. The number of carbonyl (C=O) groups is 2. The van der Waals surface area contributed by atoms with Gasteiger partial charge in [0.1, 0.15) is 0 Å². The van der Waals surface area contributed by atoms with Crippen molar-refractivity contribution in [3.63, 3.8) is 0 Å². The van der Waals surface area contributed by atoms with Crippen LogP contribution in [0.15, 0.2) is 97.2 Å². The lowest BCUT2D eigenvalue weighted by molar-refractivity contribution is 0.0986. The molecule has 182 valence electrons. The number of aromatic amines is 1. The fourth-order valence-electron chi connectivity index (χ4n) is 5.06. The number of aromatic nitrogens is 1. The molecular formula is C31H24ClN3O2. The molecule has 0 spiro atoms. The average molecular weight is 506 g/mol. The Kier molecular flexibility index (Phi) is 5.99. The molecule has 0 radical (unpaired) electrons. The predicted octanol–water partition coefficient (Wildman–Crippen LogP) is 7.33. The summed E-state index contributed by atoms with van der Waals surface area (Å²) in [5.74, 6) is -0.379. The molecule has 0 unspecified atom stereocenters. The summed E-state index contributed by atoms with van der Waals surface area (Å²) in [4.78, 5) is 32.0. The molecule has 2 heterocycles. The lowest BCUT2D eigenvalue weighted by atomic mass is 9.99. The molecule has 1 aliphatic heterocycles. The molecule has 0 fully saturated rings. The highest BCUT2D eigenvalue weighted by Crippen LogP contribution is 2.35. The van der Waals surface area contributed by atoms with Crippen LogP contribution >= 0.6 is 11.6 Å². The minimum atomic E-state index is -0.264. The maximum atomic E-state index is 13.6. The predicted molar refractivity (Wildman–Crippen MR) is 150 cm³/mol. The zero-order valence-electron chi connectivity index (χ0n) is 20.0. The summed E-state index contributed by atoms with van der Waals surface area (Å²) in [6, 6.07) is 28.2. The van der Waals surface area contributed by atoms with Crippen LogP contribution in [0.25, 0.3) is 22.0 Å². The van der Waals surface area contributed by atoms with Crippen molar-refractivity contribution in [1.29, 1.82) is 0 Å². The van der Waals surface area contributed by atoms with Gasteiger partial charge in [-0.05, 0) is 65.9 Å². The monoisotopic (exact) mass is 505 g/mol. The normalized spacial score (nSPS) is 12.8. The third-order valence-electron chi connectivity index (χ3n) is 6.85. The first-order chi connectivity index (χ1) is 18.1. The van der Waals surface area contributed by atoms with Crippen LogP contribution in [-0.4, -0.2) is 23.3 Å².